The molecule has 0 unspecified atom stereocenters. The van der Waals surface area contributed by atoms with Gasteiger partial charge in [0.15, 0.2) is 0 Å². The lowest BCUT2D eigenvalue weighted by atomic mass is 10.4. The summed E-state index contributed by atoms with van der Waals surface area (Å²) < 4.78 is 28.0. The van der Waals surface area contributed by atoms with Crippen LogP contribution in [0.1, 0.15) is 59.3 Å². The van der Waals surface area contributed by atoms with Crippen LogP contribution in [-0.2, 0) is 18.1 Å². The summed E-state index contributed by atoms with van der Waals surface area (Å²) in [5.41, 5.74) is 0. The van der Waals surface area contributed by atoms with Crippen LogP contribution in [-0.4, -0.2) is 30.8 Å². The number of hydrogen-bond acceptors (Lipinski definition) is 4. The van der Waals surface area contributed by atoms with Gasteiger partial charge in [-0.2, -0.15) is 0 Å². The summed E-state index contributed by atoms with van der Waals surface area (Å²) in [6.45, 7) is 7.49. The molecule has 4 radical (unpaired) electrons. The van der Waals surface area contributed by atoms with E-state index in [9.17, 15) is 4.57 Å². The Morgan fingerprint density at radius 1 is 0.722 bits per heavy atom. The summed E-state index contributed by atoms with van der Waals surface area (Å²) in [6.07, 6.45) is 5.63. The second kappa shape index (κ2) is 13.8. The zero-order valence-electron chi connectivity index (χ0n) is 11.9. The van der Waals surface area contributed by atoms with Gasteiger partial charge in [-0.15, -0.1) is 0 Å². The van der Waals surface area contributed by atoms with Crippen LogP contribution in [0.4, 0.5) is 0 Å². The van der Waals surface area contributed by atoms with Crippen molar-refractivity contribution in [2.24, 2.45) is 0 Å². The maximum Gasteiger partial charge on any atom is 0.474 e. The van der Waals surface area contributed by atoms with Gasteiger partial charge in [-0.1, -0.05) is 40.0 Å². The summed E-state index contributed by atoms with van der Waals surface area (Å²) >= 11 is 0. The quantitative estimate of drug-likeness (QED) is 0.308. The monoisotopic (exact) mass is 294 g/mol. The van der Waals surface area contributed by atoms with Crippen LogP contribution in [0.2, 0.25) is 0 Å². The van der Waals surface area contributed by atoms with Crippen molar-refractivity contribution in [1.29, 1.82) is 0 Å². The fourth-order valence-corrected chi connectivity index (χ4v) is 2.36. The highest BCUT2D eigenvalue weighted by Gasteiger charge is 2.25. The van der Waals surface area contributed by atoms with Crippen LogP contribution in [0.25, 0.3) is 0 Å². The Morgan fingerprint density at radius 3 is 1.22 bits per heavy atom. The Kier molecular flexibility index (Phi) is 15.8. The van der Waals surface area contributed by atoms with Gasteiger partial charge in [-0.25, -0.2) is 4.57 Å². The maximum absolute atomic E-state index is 12.2. The highest BCUT2D eigenvalue weighted by Crippen LogP contribution is 2.49. The first kappa shape index (κ1) is 20.6. The number of phosphoric ester groups is 1. The molecule has 0 heterocycles. The van der Waals surface area contributed by atoms with Crippen molar-refractivity contribution in [3.05, 3.63) is 0 Å². The molecule has 0 atom stereocenters. The zero-order valence-corrected chi connectivity index (χ0v) is 13.8. The van der Waals surface area contributed by atoms with Crippen LogP contribution in [0, 0.1) is 0 Å². The lowest BCUT2D eigenvalue weighted by Crippen LogP contribution is -2.03. The Morgan fingerprint density at radius 2 is 1.00 bits per heavy atom. The first-order valence-corrected chi connectivity index (χ1v) is 8.18. The molecule has 0 aliphatic heterocycles. The topological polar surface area (TPSA) is 44.8 Å². The SMILES string of the molecule is CCCCOP(=O)(OCCCC)OCCCC.[Si]. The fraction of sp³-hybridized carbons (Fsp3) is 1.00. The van der Waals surface area contributed by atoms with Gasteiger partial charge in [0.05, 0.1) is 19.8 Å². The van der Waals surface area contributed by atoms with E-state index in [1.807, 2.05) is 0 Å². The summed E-state index contributed by atoms with van der Waals surface area (Å²) in [7, 11) is -3.31. The molecule has 0 bridgehead atoms. The first-order chi connectivity index (χ1) is 8.18. The van der Waals surface area contributed by atoms with E-state index >= 15 is 0 Å². The van der Waals surface area contributed by atoms with Crippen molar-refractivity contribution >= 4 is 18.8 Å². The molecule has 4 nitrogen and oxygen atoms in total. The van der Waals surface area contributed by atoms with Gasteiger partial charge < -0.3 is 0 Å². The summed E-state index contributed by atoms with van der Waals surface area (Å²) in [6, 6.07) is 0. The molecule has 0 aliphatic rings. The molecule has 0 saturated heterocycles. The van der Waals surface area contributed by atoms with Crippen molar-refractivity contribution in [2.45, 2.75) is 59.3 Å². The Balaban J connectivity index is 0. The Hall–Kier alpha value is 0.327. The van der Waals surface area contributed by atoms with Gasteiger partial charge in [0, 0.05) is 11.0 Å². The molecule has 0 aromatic carbocycles. The van der Waals surface area contributed by atoms with Crippen molar-refractivity contribution in [3.63, 3.8) is 0 Å². The van der Waals surface area contributed by atoms with Gasteiger partial charge in [0.2, 0.25) is 0 Å². The smallest absolute Gasteiger partial charge is 0.287 e. The highest BCUT2D eigenvalue weighted by molar-refractivity contribution is 7.48. The second-order valence-electron chi connectivity index (χ2n) is 4.01. The third kappa shape index (κ3) is 11.4. The molecule has 0 N–H and O–H groups in total. The minimum atomic E-state index is -3.31. The summed E-state index contributed by atoms with van der Waals surface area (Å²) in [5.74, 6) is 0. The normalized spacial score (nSPS) is 11.3. The molecule has 0 aromatic heterocycles. The fourth-order valence-electron chi connectivity index (χ4n) is 1.07. The number of hydrogen-bond donors (Lipinski definition) is 0. The number of rotatable bonds is 12. The van der Waals surface area contributed by atoms with E-state index in [4.69, 9.17) is 13.6 Å². The van der Waals surface area contributed by atoms with Gasteiger partial charge in [0.1, 0.15) is 0 Å². The Labute approximate surface area is 116 Å². The molecule has 18 heavy (non-hydrogen) atoms. The minimum Gasteiger partial charge on any atom is -0.287 e. The van der Waals surface area contributed by atoms with Crippen LogP contribution < -0.4 is 0 Å². The molecule has 6 heteroatoms. The van der Waals surface area contributed by atoms with E-state index in [1.165, 1.54) is 0 Å². The molecule has 0 fully saturated rings. The average molecular weight is 294 g/mol. The summed E-state index contributed by atoms with van der Waals surface area (Å²) in [5, 5.41) is 0. The Bertz CT molecular complexity index is 181. The molecule has 0 rings (SSSR count). The van der Waals surface area contributed by atoms with E-state index in [1.54, 1.807) is 0 Å². The van der Waals surface area contributed by atoms with Gasteiger partial charge in [-0.3, -0.25) is 13.6 Å². The molecular formula is C12H27O4PSi. The maximum atomic E-state index is 12.2. The van der Waals surface area contributed by atoms with E-state index in [2.05, 4.69) is 20.8 Å². The minimum absolute atomic E-state index is 0. The lowest BCUT2D eigenvalue weighted by molar-refractivity contribution is 0.110. The van der Waals surface area contributed by atoms with E-state index in [0.717, 1.165) is 38.5 Å². The van der Waals surface area contributed by atoms with Gasteiger partial charge in [0.25, 0.3) is 0 Å². The average Bonchev–Trinajstić information content (AvgIpc) is 2.30. The summed E-state index contributed by atoms with van der Waals surface area (Å²) in [4.78, 5) is 0. The molecule has 0 aromatic rings. The van der Waals surface area contributed by atoms with Crippen molar-refractivity contribution in [3.8, 4) is 0 Å². The predicted molar refractivity (Wildman–Crippen MR) is 75.9 cm³/mol. The van der Waals surface area contributed by atoms with Gasteiger partial charge in [-0.05, 0) is 19.3 Å². The predicted octanol–water partition coefficient (Wildman–Crippen LogP) is 4.16. The molecule has 0 amide bonds. The van der Waals surface area contributed by atoms with Gasteiger partial charge >= 0.3 is 7.82 Å². The molecule has 0 aliphatic carbocycles. The van der Waals surface area contributed by atoms with Crippen molar-refractivity contribution in [2.75, 3.05) is 19.8 Å². The molecular weight excluding hydrogens is 267 g/mol. The van der Waals surface area contributed by atoms with E-state index in [-0.39, 0.29) is 11.0 Å². The van der Waals surface area contributed by atoms with Crippen LogP contribution in [0.3, 0.4) is 0 Å². The standard InChI is InChI=1S/C12H27O4P.Si/c1-4-7-10-14-17(13,15-11-8-5-2)16-12-9-6-3;/h4-12H2,1-3H3;. The van der Waals surface area contributed by atoms with E-state index in [0.29, 0.717) is 19.8 Å². The third-order valence-electron chi connectivity index (χ3n) is 2.24. The van der Waals surface area contributed by atoms with Crippen molar-refractivity contribution in [1.82, 2.24) is 0 Å². The van der Waals surface area contributed by atoms with Crippen molar-refractivity contribution < 1.29 is 18.1 Å². The highest BCUT2D eigenvalue weighted by atomic mass is 31.2. The number of unbranched alkanes of at least 4 members (excludes halogenated alkanes) is 3. The van der Waals surface area contributed by atoms with Crippen LogP contribution in [0.5, 0.6) is 0 Å². The largest absolute Gasteiger partial charge is 0.474 e. The zero-order chi connectivity index (χ0) is 13.0. The first-order valence-electron chi connectivity index (χ1n) is 6.72. The molecule has 0 saturated carbocycles. The van der Waals surface area contributed by atoms with Crippen LogP contribution >= 0.6 is 7.82 Å². The molecule has 108 valence electrons. The lowest BCUT2D eigenvalue weighted by Gasteiger charge is -2.17. The number of phosphoric acid groups is 1. The molecule has 0 spiro atoms. The van der Waals surface area contributed by atoms with E-state index < -0.39 is 7.82 Å². The third-order valence-corrected chi connectivity index (χ3v) is 3.74. The van der Waals surface area contributed by atoms with Crippen LogP contribution in [0.15, 0.2) is 0 Å². The second-order valence-corrected chi connectivity index (χ2v) is 5.68.